The summed E-state index contributed by atoms with van der Waals surface area (Å²) in [4.78, 5) is 29.0. The van der Waals surface area contributed by atoms with E-state index in [-0.39, 0.29) is 34.4 Å². The van der Waals surface area contributed by atoms with Crippen molar-refractivity contribution in [2.24, 2.45) is 5.92 Å². The first-order valence-corrected chi connectivity index (χ1v) is 8.52. The lowest BCUT2D eigenvalue weighted by atomic mass is 9.98. The molecule has 3 rings (SSSR count). The summed E-state index contributed by atoms with van der Waals surface area (Å²) in [7, 11) is 1.40. The maximum atomic E-state index is 13.6. The molecule has 0 unspecified atom stereocenters. The molecule has 0 bridgehead atoms. The first-order chi connectivity index (χ1) is 12.6. The van der Waals surface area contributed by atoms with Crippen molar-refractivity contribution in [1.82, 2.24) is 9.88 Å². The number of benzene rings is 1. The summed E-state index contributed by atoms with van der Waals surface area (Å²) in [6.07, 6.45) is 3.12. The molecule has 1 aliphatic rings. The van der Waals surface area contributed by atoms with Crippen molar-refractivity contribution in [2.75, 3.05) is 26.8 Å². The fraction of sp³-hybridized carbons (Fsp3) is 0.368. The second-order valence-electron chi connectivity index (χ2n) is 6.28. The van der Waals surface area contributed by atoms with Crippen molar-refractivity contribution in [3.8, 4) is 11.5 Å². The molecule has 2 aromatic rings. The maximum Gasteiger partial charge on any atom is 0.270 e. The first-order valence-electron chi connectivity index (χ1n) is 8.52. The molecule has 7 heteroatoms. The number of carbonyl (C=O) groups excluding carboxylic acids is 1. The molecule has 6 nitrogen and oxygen atoms in total. The number of ether oxygens (including phenoxy) is 2. The van der Waals surface area contributed by atoms with Gasteiger partial charge in [0.15, 0.2) is 17.3 Å². The van der Waals surface area contributed by atoms with Gasteiger partial charge in [-0.2, -0.15) is 0 Å². The molecule has 138 valence electrons. The third kappa shape index (κ3) is 4.04. The zero-order valence-electron chi connectivity index (χ0n) is 14.5. The Balaban J connectivity index is 1.62. The highest BCUT2D eigenvalue weighted by Gasteiger charge is 2.26. The number of hydrogen-bond acceptors (Lipinski definition) is 4. The number of rotatable bonds is 5. The number of nitrogens with zero attached hydrogens (tertiary/aromatic N) is 1. The predicted octanol–water partition coefficient (Wildman–Crippen LogP) is 2.45. The van der Waals surface area contributed by atoms with E-state index >= 15 is 0 Å². The largest absolute Gasteiger partial charge is 0.491 e. The predicted molar refractivity (Wildman–Crippen MR) is 94.1 cm³/mol. The van der Waals surface area contributed by atoms with Gasteiger partial charge in [-0.25, -0.2) is 4.39 Å². The van der Waals surface area contributed by atoms with Gasteiger partial charge in [-0.1, -0.05) is 12.1 Å². The minimum atomic E-state index is -0.396. The zero-order chi connectivity index (χ0) is 18.5. The number of aromatic amines is 1. The smallest absolute Gasteiger partial charge is 0.270 e. The Morgan fingerprint density at radius 3 is 2.88 bits per heavy atom. The Hall–Kier alpha value is -2.83. The standard InChI is InChI=1S/C19H21FN2O4/c1-25-18-10-21-15(9-16(18)23)19(24)22-8-4-5-13(11-22)12-26-17-7-3-2-6-14(17)20/h2-3,6-7,9-10,13H,4-5,8,11-12H2,1H3,(H,21,23)/t13-/m1/s1. The summed E-state index contributed by atoms with van der Waals surface area (Å²) in [5.74, 6) is -0.142. The molecule has 2 heterocycles. The van der Waals surface area contributed by atoms with Gasteiger partial charge >= 0.3 is 0 Å². The van der Waals surface area contributed by atoms with Crippen LogP contribution in [0.2, 0.25) is 0 Å². The van der Waals surface area contributed by atoms with Gasteiger partial charge in [0, 0.05) is 31.3 Å². The monoisotopic (exact) mass is 360 g/mol. The third-order valence-corrected chi connectivity index (χ3v) is 4.44. The van der Waals surface area contributed by atoms with Crippen LogP contribution in [-0.4, -0.2) is 42.6 Å². The molecule has 1 aromatic carbocycles. The van der Waals surface area contributed by atoms with Crippen molar-refractivity contribution in [3.05, 3.63) is 58.3 Å². The highest BCUT2D eigenvalue weighted by atomic mass is 19.1. The Morgan fingerprint density at radius 1 is 1.35 bits per heavy atom. The number of carbonyl (C=O) groups is 1. The molecule has 1 aromatic heterocycles. The van der Waals surface area contributed by atoms with Crippen LogP contribution < -0.4 is 14.9 Å². The van der Waals surface area contributed by atoms with E-state index in [2.05, 4.69) is 4.98 Å². The SMILES string of the molecule is COc1c[nH]c(C(=O)N2CCC[C@@H](COc3ccccc3F)C2)cc1=O. The van der Waals surface area contributed by atoms with Crippen LogP contribution in [0.1, 0.15) is 23.3 Å². The van der Waals surface area contributed by atoms with Gasteiger partial charge in [-0.3, -0.25) is 9.59 Å². The Morgan fingerprint density at radius 2 is 2.15 bits per heavy atom. The zero-order valence-corrected chi connectivity index (χ0v) is 14.5. The summed E-state index contributed by atoms with van der Waals surface area (Å²) < 4.78 is 24.1. The summed E-state index contributed by atoms with van der Waals surface area (Å²) in [5, 5.41) is 0. The van der Waals surface area contributed by atoms with E-state index in [0.29, 0.717) is 19.7 Å². The maximum absolute atomic E-state index is 13.6. The molecule has 1 aliphatic heterocycles. The molecular formula is C19H21FN2O4. The van der Waals surface area contributed by atoms with Crippen LogP contribution in [0.5, 0.6) is 11.5 Å². The molecule has 1 amide bonds. The number of halogens is 1. The minimum absolute atomic E-state index is 0.109. The summed E-state index contributed by atoms with van der Waals surface area (Å²) in [5.41, 5.74) is -0.113. The van der Waals surface area contributed by atoms with Crippen LogP contribution >= 0.6 is 0 Å². The van der Waals surface area contributed by atoms with Crippen molar-refractivity contribution in [3.63, 3.8) is 0 Å². The van der Waals surface area contributed by atoms with Gasteiger partial charge in [-0.15, -0.1) is 0 Å². The average Bonchev–Trinajstić information content (AvgIpc) is 2.67. The summed E-state index contributed by atoms with van der Waals surface area (Å²) >= 11 is 0. The molecule has 0 saturated carbocycles. The Kier molecular flexibility index (Phi) is 5.55. The van der Waals surface area contributed by atoms with Gasteiger partial charge in [0.2, 0.25) is 5.43 Å². The number of pyridine rings is 1. The second-order valence-corrected chi connectivity index (χ2v) is 6.28. The lowest BCUT2D eigenvalue weighted by Crippen LogP contribution is -2.42. The van der Waals surface area contributed by atoms with E-state index < -0.39 is 5.82 Å². The van der Waals surface area contributed by atoms with Crippen molar-refractivity contribution >= 4 is 5.91 Å². The molecule has 0 spiro atoms. The molecule has 1 saturated heterocycles. The number of amides is 1. The average molecular weight is 360 g/mol. The highest BCUT2D eigenvalue weighted by molar-refractivity contribution is 5.92. The number of para-hydroxylation sites is 1. The molecular weight excluding hydrogens is 339 g/mol. The van der Waals surface area contributed by atoms with Gasteiger partial charge < -0.3 is 19.4 Å². The topological polar surface area (TPSA) is 71.6 Å². The molecule has 0 radical (unpaired) electrons. The first kappa shape index (κ1) is 18.0. The van der Waals surface area contributed by atoms with Gasteiger partial charge in [0.1, 0.15) is 5.69 Å². The number of likely N-dealkylation sites (tertiary alicyclic amines) is 1. The fourth-order valence-corrected chi connectivity index (χ4v) is 3.07. The van der Waals surface area contributed by atoms with Crippen molar-refractivity contribution in [1.29, 1.82) is 0 Å². The number of methoxy groups -OCH3 is 1. The Labute approximate surface area is 150 Å². The third-order valence-electron chi connectivity index (χ3n) is 4.44. The van der Waals surface area contributed by atoms with Crippen molar-refractivity contribution < 1.29 is 18.7 Å². The van der Waals surface area contributed by atoms with E-state index in [1.165, 1.54) is 25.4 Å². The number of H-pyrrole nitrogens is 1. The van der Waals surface area contributed by atoms with Crippen LogP contribution in [0.25, 0.3) is 0 Å². The van der Waals surface area contributed by atoms with Crippen molar-refractivity contribution in [2.45, 2.75) is 12.8 Å². The van der Waals surface area contributed by atoms with Crippen LogP contribution in [0.4, 0.5) is 4.39 Å². The number of piperidine rings is 1. The fourth-order valence-electron chi connectivity index (χ4n) is 3.07. The molecule has 1 fully saturated rings. The molecule has 1 N–H and O–H groups in total. The minimum Gasteiger partial charge on any atom is -0.491 e. The highest BCUT2D eigenvalue weighted by Crippen LogP contribution is 2.21. The van der Waals surface area contributed by atoms with E-state index in [0.717, 1.165) is 12.8 Å². The van der Waals surface area contributed by atoms with E-state index in [4.69, 9.17) is 9.47 Å². The Bertz CT molecular complexity index is 836. The summed E-state index contributed by atoms with van der Waals surface area (Å²) in [6.45, 7) is 1.45. The normalized spacial score (nSPS) is 17.0. The summed E-state index contributed by atoms with van der Waals surface area (Å²) in [6, 6.07) is 7.52. The van der Waals surface area contributed by atoms with Gasteiger partial charge in [0.05, 0.1) is 13.7 Å². The van der Waals surface area contributed by atoms with E-state index in [1.807, 2.05) is 0 Å². The van der Waals surface area contributed by atoms with Gasteiger partial charge in [0.25, 0.3) is 5.91 Å². The van der Waals surface area contributed by atoms with Crippen LogP contribution in [0.3, 0.4) is 0 Å². The lowest BCUT2D eigenvalue weighted by molar-refractivity contribution is 0.0625. The lowest BCUT2D eigenvalue weighted by Gasteiger charge is -2.32. The van der Waals surface area contributed by atoms with E-state index in [1.54, 1.807) is 23.1 Å². The van der Waals surface area contributed by atoms with Gasteiger partial charge in [-0.05, 0) is 25.0 Å². The van der Waals surface area contributed by atoms with Crippen LogP contribution in [0.15, 0.2) is 41.3 Å². The molecule has 0 aliphatic carbocycles. The number of aromatic nitrogens is 1. The van der Waals surface area contributed by atoms with Crippen LogP contribution in [0, 0.1) is 11.7 Å². The van der Waals surface area contributed by atoms with E-state index in [9.17, 15) is 14.0 Å². The van der Waals surface area contributed by atoms with Crippen LogP contribution in [-0.2, 0) is 0 Å². The molecule has 26 heavy (non-hydrogen) atoms. The number of hydrogen-bond donors (Lipinski definition) is 1. The molecule has 1 atom stereocenters. The number of nitrogens with one attached hydrogen (secondary N) is 1. The quantitative estimate of drug-likeness (QED) is 0.889. The second kappa shape index (κ2) is 8.03.